The number of halogens is 4. The van der Waals surface area contributed by atoms with Gasteiger partial charge in [-0.15, -0.1) is 0 Å². The number of hydrogen-bond donors (Lipinski definition) is 6. The number of para-hydroxylation sites is 8. The Labute approximate surface area is 449 Å². The molecule has 20 heteroatoms. The molecule has 0 spiro atoms. The summed E-state index contributed by atoms with van der Waals surface area (Å²) in [5, 5.41) is 3.22. The van der Waals surface area contributed by atoms with Gasteiger partial charge >= 0.3 is 0 Å². The van der Waals surface area contributed by atoms with Gasteiger partial charge in [-0.05, 0) is 97.1 Å². The zero-order valence-corrected chi connectivity index (χ0v) is 42.0. The van der Waals surface area contributed by atoms with Gasteiger partial charge in [0.1, 0.15) is 68.6 Å². The molecule has 0 radical (unpaired) electrons. The van der Waals surface area contributed by atoms with Gasteiger partial charge in [-0.2, -0.15) is 0 Å². The number of aromatic nitrogens is 8. The number of nitrogens with one attached hydrogen (secondary N) is 2. The van der Waals surface area contributed by atoms with Gasteiger partial charge in [-0.1, -0.05) is 94.9 Å². The van der Waals surface area contributed by atoms with Crippen LogP contribution in [0.1, 0.15) is 0 Å². The zero-order valence-electron chi connectivity index (χ0n) is 39.0. The summed E-state index contributed by atoms with van der Waals surface area (Å²) in [6.45, 7) is 0. The zero-order chi connectivity index (χ0) is 51.9. The van der Waals surface area contributed by atoms with Gasteiger partial charge in [0.2, 0.25) is 0 Å². The number of nitrogens with two attached hydrogens (primary N) is 4. The molecule has 16 nitrogen and oxygen atoms in total. The summed E-state index contributed by atoms with van der Waals surface area (Å²) in [7, 11) is 0. The number of aromatic amines is 2. The Hall–Kier alpha value is -9.32. The molecule has 370 valence electrons. The molecule has 76 heavy (non-hydrogen) atoms. The highest BCUT2D eigenvalue weighted by atomic mass is 35.5. The quantitative estimate of drug-likeness (QED) is 0.0775. The molecule has 0 amide bonds. The van der Waals surface area contributed by atoms with Crippen LogP contribution in [-0.4, -0.2) is 39.9 Å². The van der Waals surface area contributed by atoms with E-state index in [9.17, 15) is 0 Å². The summed E-state index contributed by atoms with van der Waals surface area (Å²) in [6, 6.07) is 42.2. The summed E-state index contributed by atoms with van der Waals surface area (Å²) in [5.41, 5.74) is 30.3. The van der Waals surface area contributed by atoms with Crippen molar-refractivity contribution < 1.29 is 18.9 Å². The number of rotatable bonds is 8. The van der Waals surface area contributed by atoms with E-state index in [-0.39, 0.29) is 54.9 Å². The van der Waals surface area contributed by atoms with Crippen LogP contribution in [0.5, 0.6) is 46.0 Å². The van der Waals surface area contributed by atoms with Crippen LogP contribution >= 0.6 is 46.4 Å². The maximum atomic E-state index is 7.06. The van der Waals surface area contributed by atoms with Crippen molar-refractivity contribution >= 4 is 113 Å². The van der Waals surface area contributed by atoms with Crippen LogP contribution in [-0.2, 0) is 0 Å². The van der Waals surface area contributed by atoms with E-state index in [0.717, 1.165) is 0 Å². The summed E-state index contributed by atoms with van der Waals surface area (Å²) in [6.07, 6.45) is 0. The first-order valence-corrected chi connectivity index (χ1v) is 24.7. The molecule has 3 aromatic heterocycles. The second kappa shape index (κ2) is 18.3. The lowest BCUT2D eigenvalue weighted by molar-refractivity contribution is 0.485. The summed E-state index contributed by atoms with van der Waals surface area (Å²) < 4.78 is 25.3. The lowest BCUT2D eigenvalue weighted by Crippen LogP contribution is -1.93. The third-order valence-electron chi connectivity index (χ3n) is 12.6. The van der Waals surface area contributed by atoms with E-state index in [1.807, 2.05) is 48.5 Å². The molecular formula is C56H34Cl4N12O4. The first-order valence-electron chi connectivity index (χ1n) is 23.2. The second-order valence-corrected chi connectivity index (χ2v) is 19.1. The number of hydrogen-bond acceptors (Lipinski definition) is 14. The van der Waals surface area contributed by atoms with Crippen molar-refractivity contribution in [1.29, 1.82) is 0 Å². The van der Waals surface area contributed by atoms with Crippen molar-refractivity contribution in [2.24, 2.45) is 0 Å². The number of nitrogens with zero attached hydrogens (tertiary/aromatic N) is 6. The predicted octanol–water partition coefficient (Wildman–Crippen LogP) is 15.0. The number of ether oxygens (including phenoxy) is 4. The third kappa shape index (κ3) is 8.22. The Morgan fingerprint density at radius 2 is 0.539 bits per heavy atom. The average Bonchev–Trinajstić information content (AvgIpc) is 4.13. The maximum absolute atomic E-state index is 7.06. The predicted molar refractivity (Wildman–Crippen MR) is 300 cm³/mol. The van der Waals surface area contributed by atoms with Crippen molar-refractivity contribution in [2.75, 3.05) is 22.9 Å². The molecule has 8 bridgehead atoms. The highest BCUT2D eigenvalue weighted by Crippen LogP contribution is 2.47. The molecule has 2 aliphatic rings. The Bertz CT molecular complexity index is 4170. The lowest BCUT2D eigenvalue weighted by atomic mass is 10.1. The molecule has 5 heterocycles. The third-order valence-corrected chi connectivity index (χ3v) is 13.8. The highest BCUT2D eigenvalue weighted by molar-refractivity contribution is 6.34. The van der Waals surface area contributed by atoms with E-state index in [4.69, 9.17) is 118 Å². The van der Waals surface area contributed by atoms with Gasteiger partial charge in [0.15, 0.2) is 23.3 Å². The van der Waals surface area contributed by atoms with E-state index < -0.39 is 0 Å². The van der Waals surface area contributed by atoms with Gasteiger partial charge in [0.05, 0.1) is 42.8 Å². The van der Waals surface area contributed by atoms with Crippen LogP contribution in [0.2, 0.25) is 20.1 Å². The monoisotopic (exact) mass is 1080 g/mol. The molecule has 2 aliphatic heterocycles. The fourth-order valence-corrected chi connectivity index (χ4v) is 9.68. The number of benzene rings is 8. The van der Waals surface area contributed by atoms with E-state index >= 15 is 0 Å². The van der Waals surface area contributed by atoms with Crippen LogP contribution in [0.3, 0.4) is 0 Å². The number of nitrogen functional groups attached to an aromatic ring is 4. The standard InChI is InChI=1S/C56H34Cl4N12O4/c57-33-17-25-29(21-45(33)73-41-13-5-1-9-37(41)61)53-65-49(25)70-54-31-23-47(75-43-15-7-3-11-39(43)63)35(59)19-27(31)51(67-54)72-56-32-24-48(76-44-16-8-4-12-40(44)64)36(60)20-28(32)52(68-56)71-55-30-22-46(74-42-14-6-2-10-38(42)62)34(58)18-26(30)50(66-55)69-53/h1-24H,61-64H2,(H2,65,66,67,68,69,70,71,72). The van der Waals surface area contributed by atoms with Crippen molar-refractivity contribution in [2.45, 2.75) is 0 Å². The Balaban J connectivity index is 1.12. The van der Waals surface area contributed by atoms with Gasteiger partial charge in [0, 0.05) is 43.8 Å². The molecule has 13 rings (SSSR count). The first kappa shape index (κ1) is 46.5. The molecule has 0 aliphatic carbocycles. The largest absolute Gasteiger partial charge is 0.454 e. The lowest BCUT2D eigenvalue weighted by Gasteiger charge is -2.11. The highest BCUT2D eigenvalue weighted by Gasteiger charge is 2.27. The minimum absolute atomic E-state index is 0.233. The van der Waals surface area contributed by atoms with Crippen LogP contribution in [0, 0.1) is 0 Å². The van der Waals surface area contributed by atoms with E-state index in [0.29, 0.717) is 124 Å². The Kier molecular flexibility index (Phi) is 11.2. The normalized spacial score (nSPS) is 11.6. The molecule has 0 atom stereocenters. The van der Waals surface area contributed by atoms with Crippen LogP contribution < -0.4 is 41.9 Å². The molecule has 0 saturated carbocycles. The van der Waals surface area contributed by atoms with Crippen LogP contribution in [0.4, 0.5) is 22.7 Å². The van der Waals surface area contributed by atoms with Crippen molar-refractivity contribution in [3.05, 3.63) is 166 Å². The average molecular weight is 1080 g/mol. The minimum Gasteiger partial charge on any atom is -0.454 e. The van der Waals surface area contributed by atoms with Crippen LogP contribution in [0.15, 0.2) is 146 Å². The van der Waals surface area contributed by atoms with E-state index in [1.165, 1.54) is 0 Å². The number of H-pyrrole nitrogens is 2. The molecule has 0 fully saturated rings. The minimum atomic E-state index is 0.233. The Morgan fingerprint density at radius 1 is 0.289 bits per heavy atom. The first-order chi connectivity index (χ1) is 36.9. The molecule has 8 aromatic carbocycles. The smallest absolute Gasteiger partial charge is 0.164 e. The van der Waals surface area contributed by atoms with Crippen molar-refractivity contribution in [1.82, 2.24) is 39.9 Å². The van der Waals surface area contributed by atoms with Crippen molar-refractivity contribution in [3.8, 4) is 91.5 Å². The number of fused-ring (bicyclic) bond motifs is 20. The van der Waals surface area contributed by atoms with Gasteiger partial charge in [-0.3, -0.25) is 0 Å². The summed E-state index contributed by atoms with van der Waals surface area (Å²) >= 11 is 28.2. The number of anilines is 4. The van der Waals surface area contributed by atoms with Gasteiger partial charge in [-0.25, -0.2) is 29.9 Å². The van der Waals surface area contributed by atoms with Crippen molar-refractivity contribution in [3.63, 3.8) is 0 Å². The van der Waals surface area contributed by atoms with E-state index in [2.05, 4.69) is 9.97 Å². The molecular weight excluding hydrogens is 1050 g/mol. The molecule has 0 unspecified atom stereocenters. The van der Waals surface area contributed by atoms with Gasteiger partial charge in [0.25, 0.3) is 0 Å². The van der Waals surface area contributed by atoms with Crippen LogP contribution in [0.25, 0.3) is 89.7 Å². The molecule has 11 aromatic rings. The summed E-state index contributed by atoms with van der Waals surface area (Å²) in [4.78, 5) is 37.8. The SMILES string of the molecule is Nc1ccccc1Oc1cc2c(cc1Cl)-c1nc-2nc2[nH]c(nc3nc(nc4[nH]c(n1)c1cc(Oc5ccccc5N)c(Cl)cc41)-c1cc(Oc4ccccc4N)c(Cl)cc1-3)c1cc(Oc3ccccc3N)c(Cl)cc21. The fraction of sp³-hybridized carbons (Fsp3) is 0. The molecule has 0 saturated heterocycles. The Morgan fingerprint density at radius 3 is 0.842 bits per heavy atom. The van der Waals surface area contributed by atoms with Gasteiger partial charge < -0.3 is 51.9 Å². The topological polar surface area (TPSA) is 250 Å². The second-order valence-electron chi connectivity index (χ2n) is 17.5. The maximum Gasteiger partial charge on any atom is 0.164 e. The summed E-state index contributed by atoms with van der Waals surface area (Å²) in [5.74, 6) is 3.70. The fourth-order valence-electron chi connectivity index (χ4n) is 8.87. The van der Waals surface area contributed by atoms with E-state index in [1.54, 1.807) is 97.1 Å². The molecule has 10 N–H and O–H groups in total.